The minimum atomic E-state index is 0. The number of rotatable bonds is 0. The topological polar surface area (TPSA) is 29.0 Å². The maximum Gasteiger partial charge on any atom is 0.0615 e. The quantitative estimate of drug-likeness (QED) is 0.770. The fraction of sp³-hybridized carbons (Fsp3) is 0.733. The molecule has 3 heterocycles. The zero-order valence-electron chi connectivity index (χ0n) is 11.8. The summed E-state index contributed by atoms with van der Waals surface area (Å²) < 4.78 is 2.60. The molecule has 1 aromatic heterocycles. The van der Waals surface area contributed by atoms with Crippen molar-refractivity contribution in [3.8, 4) is 0 Å². The summed E-state index contributed by atoms with van der Waals surface area (Å²) in [7, 11) is 0. The van der Waals surface area contributed by atoms with E-state index in [4.69, 9.17) is 0 Å². The summed E-state index contributed by atoms with van der Waals surface area (Å²) in [6.07, 6.45) is 10.3. The van der Waals surface area contributed by atoms with Gasteiger partial charge in [0.05, 0.1) is 5.54 Å². The Hall–Kier alpha value is -0.220. The first-order valence-corrected chi connectivity index (χ1v) is 7.55. The molecule has 0 aromatic carbocycles. The van der Waals surface area contributed by atoms with E-state index in [-0.39, 0.29) is 30.4 Å². The van der Waals surface area contributed by atoms with Crippen LogP contribution < -0.4 is 10.6 Å². The molecule has 0 bridgehead atoms. The van der Waals surface area contributed by atoms with Crippen molar-refractivity contribution in [2.45, 2.75) is 56.1 Å². The maximum atomic E-state index is 4.05. The van der Waals surface area contributed by atoms with E-state index in [1.807, 2.05) is 0 Å². The molecule has 114 valence electrons. The standard InChI is InChI=1S/C15H23N3.2ClH/c1-2-5-13-12(4-1)17-15(7-9-16-10-8-15)14-6-3-11-18(13)14;;/h3,6,11-13,16-17H,1-2,4-5,7-10H2;2*1H/t12-,13-;;/m1../s1. The second-order valence-corrected chi connectivity index (χ2v) is 6.24. The molecule has 3 nitrogen and oxygen atoms in total. The van der Waals surface area contributed by atoms with Crippen LogP contribution in [0.3, 0.4) is 0 Å². The minimum Gasteiger partial charge on any atom is -0.345 e. The number of fused-ring (bicyclic) bond motifs is 4. The summed E-state index contributed by atoms with van der Waals surface area (Å²) in [4.78, 5) is 0. The zero-order chi connectivity index (χ0) is 12.0. The number of aromatic nitrogens is 1. The molecule has 2 atom stereocenters. The highest BCUT2D eigenvalue weighted by molar-refractivity contribution is 5.85. The summed E-state index contributed by atoms with van der Waals surface area (Å²) in [5.41, 5.74) is 1.81. The highest BCUT2D eigenvalue weighted by Crippen LogP contribution is 2.42. The lowest BCUT2D eigenvalue weighted by Gasteiger charge is -2.50. The lowest BCUT2D eigenvalue weighted by molar-refractivity contribution is 0.114. The van der Waals surface area contributed by atoms with E-state index in [1.54, 1.807) is 5.69 Å². The Morgan fingerprint density at radius 3 is 2.65 bits per heavy atom. The molecule has 1 saturated heterocycles. The maximum absolute atomic E-state index is 4.05. The first-order valence-electron chi connectivity index (χ1n) is 7.55. The Morgan fingerprint density at radius 1 is 1.10 bits per heavy atom. The van der Waals surface area contributed by atoms with Crippen molar-refractivity contribution >= 4 is 24.8 Å². The minimum absolute atomic E-state index is 0. The average molecular weight is 318 g/mol. The van der Waals surface area contributed by atoms with Crippen LogP contribution in [0, 0.1) is 0 Å². The zero-order valence-corrected chi connectivity index (χ0v) is 13.4. The number of nitrogens with one attached hydrogen (secondary N) is 2. The number of hydrogen-bond acceptors (Lipinski definition) is 2. The molecule has 4 rings (SSSR count). The Kier molecular flexibility index (Phi) is 5.06. The molecule has 1 aromatic rings. The number of halogens is 2. The van der Waals surface area contributed by atoms with Gasteiger partial charge in [0, 0.05) is 24.0 Å². The van der Waals surface area contributed by atoms with Crippen molar-refractivity contribution in [3.05, 3.63) is 24.0 Å². The van der Waals surface area contributed by atoms with Crippen LogP contribution >= 0.6 is 24.8 Å². The molecule has 5 heteroatoms. The molecule has 1 aliphatic carbocycles. The van der Waals surface area contributed by atoms with E-state index < -0.39 is 0 Å². The third-order valence-electron chi connectivity index (χ3n) is 5.27. The van der Waals surface area contributed by atoms with Gasteiger partial charge < -0.3 is 15.2 Å². The van der Waals surface area contributed by atoms with Crippen molar-refractivity contribution in [3.63, 3.8) is 0 Å². The van der Waals surface area contributed by atoms with E-state index in [0.717, 1.165) is 13.1 Å². The lowest BCUT2D eigenvalue weighted by Crippen LogP contribution is -2.60. The van der Waals surface area contributed by atoms with Gasteiger partial charge >= 0.3 is 0 Å². The van der Waals surface area contributed by atoms with Gasteiger partial charge in [0.2, 0.25) is 0 Å². The van der Waals surface area contributed by atoms with Gasteiger partial charge in [-0.2, -0.15) is 0 Å². The SMILES string of the molecule is Cl.Cl.c1cc2n(c1)[C@@H]1CCCC[C@H]1NC21CCNCC1. The van der Waals surface area contributed by atoms with E-state index in [1.165, 1.54) is 38.5 Å². The normalized spacial score (nSPS) is 30.6. The molecule has 2 N–H and O–H groups in total. The number of nitrogens with zero attached hydrogens (tertiary/aromatic N) is 1. The van der Waals surface area contributed by atoms with Gasteiger partial charge in [0.1, 0.15) is 0 Å². The van der Waals surface area contributed by atoms with Crippen LogP contribution in [0.15, 0.2) is 18.3 Å². The van der Waals surface area contributed by atoms with Crippen LogP contribution in [0.2, 0.25) is 0 Å². The van der Waals surface area contributed by atoms with Crippen LogP contribution in [0.4, 0.5) is 0 Å². The summed E-state index contributed by atoms with van der Waals surface area (Å²) in [6.45, 7) is 2.30. The van der Waals surface area contributed by atoms with Gasteiger partial charge in [-0.3, -0.25) is 0 Å². The van der Waals surface area contributed by atoms with Crippen LogP contribution in [0.1, 0.15) is 50.3 Å². The summed E-state index contributed by atoms with van der Waals surface area (Å²) in [6, 6.07) is 6.02. The van der Waals surface area contributed by atoms with Gasteiger partial charge in [-0.15, -0.1) is 24.8 Å². The van der Waals surface area contributed by atoms with Crippen LogP contribution in [-0.4, -0.2) is 23.7 Å². The molecule has 1 spiro atoms. The summed E-state index contributed by atoms with van der Waals surface area (Å²) >= 11 is 0. The fourth-order valence-corrected chi connectivity index (χ4v) is 4.38. The smallest absolute Gasteiger partial charge is 0.0615 e. The molecular formula is C15H25Cl2N3. The first-order chi connectivity index (χ1) is 8.89. The Labute approximate surface area is 133 Å². The van der Waals surface area contributed by atoms with Crippen LogP contribution in [0.25, 0.3) is 0 Å². The third-order valence-corrected chi connectivity index (χ3v) is 5.27. The highest BCUT2D eigenvalue weighted by Gasteiger charge is 2.44. The van der Waals surface area contributed by atoms with Gasteiger partial charge in [0.15, 0.2) is 0 Å². The fourth-order valence-electron chi connectivity index (χ4n) is 4.38. The van der Waals surface area contributed by atoms with Gasteiger partial charge in [-0.1, -0.05) is 12.8 Å². The second-order valence-electron chi connectivity index (χ2n) is 6.24. The number of hydrogen-bond donors (Lipinski definition) is 2. The second kappa shape index (κ2) is 6.27. The average Bonchev–Trinajstić information content (AvgIpc) is 2.90. The van der Waals surface area contributed by atoms with Crippen LogP contribution in [-0.2, 0) is 5.54 Å². The van der Waals surface area contributed by atoms with Crippen molar-refractivity contribution < 1.29 is 0 Å². The molecule has 1 saturated carbocycles. The molecule has 3 aliphatic rings. The van der Waals surface area contributed by atoms with E-state index in [0.29, 0.717) is 12.1 Å². The molecule has 20 heavy (non-hydrogen) atoms. The molecular weight excluding hydrogens is 293 g/mol. The predicted molar refractivity (Wildman–Crippen MR) is 87.1 cm³/mol. The molecule has 0 radical (unpaired) electrons. The Morgan fingerprint density at radius 2 is 1.85 bits per heavy atom. The van der Waals surface area contributed by atoms with E-state index >= 15 is 0 Å². The summed E-state index contributed by atoms with van der Waals surface area (Å²) in [5, 5.41) is 7.55. The molecule has 0 unspecified atom stereocenters. The van der Waals surface area contributed by atoms with Crippen LogP contribution in [0.5, 0.6) is 0 Å². The van der Waals surface area contributed by atoms with E-state index in [9.17, 15) is 0 Å². The van der Waals surface area contributed by atoms with Crippen molar-refractivity contribution in [1.82, 2.24) is 15.2 Å². The number of piperidine rings is 1. The third kappa shape index (κ3) is 2.39. The molecule has 2 aliphatic heterocycles. The molecule has 0 amide bonds. The van der Waals surface area contributed by atoms with Crippen molar-refractivity contribution in [2.24, 2.45) is 0 Å². The molecule has 2 fully saturated rings. The van der Waals surface area contributed by atoms with E-state index in [2.05, 4.69) is 33.5 Å². The monoisotopic (exact) mass is 317 g/mol. The Balaban J connectivity index is 0.000000735. The predicted octanol–water partition coefficient (Wildman–Crippen LogP) is 3.00. The highest BCUT2D eigenvalue weighted by atomic mass is 35.5. The first kappa shape index (κ1) is 16.2. The lowest BCUT2D eigenvalue weighted by atomic mass is 9.78. The van der Waals surface area contributed by atoms with Gasteiger partial charge in [-0.25, -0.2) is 0 Å². The van der Waals surface area contributed by atoms with Crippen molar-refractivity contribution in [2.75, 3.05) is 13.1 Å². The van der Waals surface area contributed by atoms with Gasteiger partial charge in [0.25, 0.3) is 0 Å². The Bertz CT molecular complexity index is 440. The van der Waals surface area contributed by atoms with Crippen molar-refractivity contribution in [1.29, 1.82) is 0 Å². The summed E-state index contributed by atoms with van der Waals surface area (Å²) in [5.74, 6) is 0. The van der Waals surface area contributed by atoms with Gasteiger partial charge in [-0.05, 0) is 50.9 Å². The largest absolute Gasteiger partial charge is 0.345 e.